The minimum Gasteiger partial charge on any atom is -0.487 e. The van der Waals surface area contributed by atoms with Crippen LogP contribution in [0.4, 0.5) is 10.5 Å². The van der Waals surface area contributed by atoms with Crippen LogP contribution in [-0.4, -0.2) is 77.3 Å². The number of anilines is 1. The number of carboxylic acid groups (broad SMARTS) is 1. The number of sulfonamides is 1. The van der Waals surface area contributed by atoms with Crippen molar-refractivity contribution in [3.8, 4) is 5.75 Å². The summed E-state index contributed by atoms with van der Waals surface area (Å²) in [6.45, 7) is 6.72. The zero-order valence-corrected chi connectivity index (χ0v) is 26.7. The Labute approximate surface area is 263 Å². The number of amides is 2. The number of ether oxygens (including phenoxy) is 1. The first kappa shape index (κ1) is 33.3. The van der Waals surface area contributed by atoms with Gasteiger partial charge in [-0.2, -0.15) is 0 Å². The third-order valence-electron chi connectivity index (χ3n) is 7.67. The summed E-state index contributed by atoms with van der Waals surface area (Å²) in [5.74, 6) is 0.186. The van der Waals surface area contributed by atoms with Crippen LogP contribution in [-0.2, 0) is 23.1 Å². The summed E-state index contributed by atoms with van der Waals surface area (Å²) < 4.78 is 32.5. The molecule has 0 saturated carbocycles. The molecule has 12 heteroatoms. The molecule has 11 nitrogen and oxygen atoms in total. The molecule has 0 aliphatic rings. The fourth-order valence-electron chi connectivity index (χ4n) is 5.30. The Hall–Kier alpha value is -4.55. The summed E-state index contributed by atoms with van der Waals surface area (Å²) in [5, 5.41) is 22.0. The second kappa shape index (κ2) is 14.5. The summed E-state index contributed by atoms with van der Waals surface area (Å²) in [4.78, 5) is 31.5. The highest BCUT2D eigenvalue weighted by molar-refractivity contribution is 7.92. The summed E-state index contributed by atoms with van der Waals surface area (Å²) >= 11 is 0. The van der Waals surface area contributed by atoms with E-state index in [0.29, 0.717) is 36.2 Å². The van der Waals surface area contributed by atoms with Crippen molar-refractivity contribution in [3.05, 3.63) is 95.2 Å². The quantitative estimate of drug-likeness (QED) is 0.148. The van der Waals surface area contributed by atoms with Crippen LogP contribution in [0.1, 0.15) is 53.9 Å². The first-order chi connectivity index (χ1) is 21.4. The number of hydrogen-bond acceptors (Lipinski definition) is 6. The smallest absolute Gasteiger partial charge is 0.407 e. The van der Waals surface area contributed by atoms with Gasteiger partial charge in [0, 0.05) is 30.7 Å². The maximum atomic E-state index is 13.1. The minimum atomic E-state index is -3.68. The number of aliphatic hydroxyl groups excluding tert-OH is 1. The van der Waals surface area contributed by atoms with Crippen LogP contribution >= 0.6 is 0 Å². The topological polar surface area (TPSA) is 152 Å². The van der Waals surface area contributed by atoms with Crippen LogP contribution in [0, 0.1) is 0 Å². The molecular formula is C33H40N4O7S. The second-order valence-electron chi connectivity index (χ2n) is 10.9. The lowest BCUT2D eigenvalue weighted by molar-refractivity contribution is 0.0774. The van der Waals surface area contributed by atoms with E-state index < -0.39 is 28.3 Å². The van der Waals surface area contributed by atoms with Crippen molar-refractivity contribution in [1.29, 1.82) is 0 Å². The van der Waals surface area contributed by atoms with Gasteiger partial charge in [0.05, 0.1) is 35.7 Å². The average Bonchev–Trinajstić information content (AvgIpc) is 3.41. The zero-order valence-electron chi connectivity index (χ0n) is 25.9. The molecule has 0 saturated heterocycles. The van der Waals surface area contributed by atoms with Gasteiger partial charge in [0.2, 0.25) is 10.0 Å². The zero-order chi connectivity index (χ0) is 32.7. The van der Waals surface area contributed by atoms with Crippen LogP contribution in [0.5, 0.6) is 5.75 Å². The summed E-state index contributed by atoms with van der Waals surface area (Å²) in [7, 11) is -3.68. The van der Waals surface area contributed by atoms with Crippen LogP contribution < -0.4 is 9.46 Å². The van der Waals surface area contributed by atoms with Crippen molar-refractivity contribution in [2.75, 3.05) is 30.6 Å². The number of rotatable bonds is 14. The highest BCUT2D eigenvalue weighted by atomic mass is 32.2. The third kappa shape index (κ3) is 8.34. The van der Waals surface area contributed by atoms with Gasteiger partial charge in [-0.1, -0.05) is 48.5 Å². The lowest BCUT2D eigenvalue weighted by atomic mass is 10.0. The summed E-state index contributed by atoms with van der Waals surface area (Å²) in [6, 6.07) is 18.9. The molecule has 1 aromatic heterocycles. The Morgan fingerprint density at radius 2 is 1.73 bits per heavy atom. The number of fused-ring (bicyclic) bond motifs is 1. The number of aromatic nitrogens is 1. The molecule has 0 fully saturated rings. The SMILES string of the molecule is CCN(CC)C(=O)c1cccc2c(C[C@@H](C)N(C[C@H](O)c3ccc(OCc4ccccc4)c(NS(C)(=O)=O)c3)C(=O)O)c[nH]c12. The molecule has 0 aliphatic carbocycles. The van der Waals surface area contributed by atoms with Crippen LogP contribution in [0.25, 0.3) is 10.9 Å². The Balaban J connectivity index is 1.53. The number of hydrogen-bond donors (Lipinski definition) is 4. The van der Waals surface area contributed by atoms with Gasteiger partial charge in [0.25, 0.3) is 5.91 Å². The fourth-order valence-corrected chi connectivity index (χ4v) is 5.86. The minimum absolute atomic E-state index is 0.0800. The van der Waals surface area contributed by atoms with Gasteiger partial charge in [0.1, 0.15) is 12.4 Å². The van der Waals surface area contributed by atoms with E-state index in [1.165, 1.54) is 6.07 Å². The Kier molecular flexibility index (Phi) is 10.7. The van der Waals surface area contributed by atoms with E-state index in [1.807, 2.05) is 56.3 Å². The van der Waals surface area contributed by atoms with Gasteiger partial charge in [0.15, 0.2) is 0 Å². The fraction of sp³-hybridized carbons (Fsp3) is 0.333. The van der Waals surface area contributed by atoms with Gasteiger partial charge >= 0.3 is 6.09 Å². The van der Waals surface area contributed by atoms with Gasteiger partial charge < -0.3 is 29.7 Å². The highest BCUT2D eigenvalue weighted by Gasteiger charge is 2.26. The van der Waals surface area contributed by atoms with Crippen LogP contribution in [0.3, 0.4) is 0 Å². The molecule has 1 heterocycles. The van der Waals surface area contributed by atoms with Gasteiger partial charge in [-0.15, -0.1) is 0 Å². The third-order valence-corrected chi connectivity index (χ3v) is 8.26. The molecule has 0 unspecified atom stereocenters. The second-order valence-corrected chi connectivity index (χ2v) is 12.7. The van der Waals surface area contributed by atoms with Gasteiger partial charge in [-0.3, -0.25) is 9.52 Å². The Morgan fingerprint density at radius 1 is 1.02 bits per heavy atom. The summed E-state index contributed by atoms with van der Waals surface area (Å²) in [5.41, 5.74) is 3.42. The molecular weight excluding hydrogens is 596 g/mol. The maximum absolute atomic E-state index is 13.1. The first-order valence-electron chi connectivity index (χ1n) is 14.8. The lowest BCUT2D eigenvalue weighted by Gasteiger charge is -2.29. The normalized spacial score (nSPS) is 12.8. The average molecular weight is 637 g/mol. The van der Waals surface area contributed by atoms with Gasteiger partial charge in [-0.25, -0.2) is 13.2 Å². The van der Waals surface area contributed by atoms with E-state index in [2.05, 4.69) is 9.71 Å². The summed E-state index contributed by atoms with van der Waals surface area (Å²) in [6.07, 6.45) is 0.658. The molecule has 240 valence electrons. The van der Waals surface area contributed by atoms with Gasteiger partial charge in [-0.05, 0) is 62.1 Å². The van der Waals surface area contributed by atoms with Crippen LogP contribution in [0.2, 0.25) is 0 Å². The molecule has 2 amide bonds. The van der Waals surface area contributed by atoms with E-state index in [9.17, 15) is 28.2 Å². The number of H-pyrrole nitrogens is 1. The largest absolute Gasteiger partial charge is 0.487 e. The van der Waals surface area contributed by atoms with Crippen molar-refractivity contribution in [2.24, 2.45) is 0 Å². The molecule has 4 rings (SSSR count). The van der Waals surface area contributed by atoms with Crippen LogP contribution in [0.15, 0.2) is 72.9 Å². The van der Waals surface area contributed by atoms with Crippen molar-refractivity contribution in [2.45, 2.75) is 45.9 Å². The first-order valence-corrected chi connectivity index (χ1v) is 16.6. The monoisotopic (exact) mass is 636 g/mol. The molecule has 0 bridgehead atoms. The molecule has 45 heavy (non-hydrogen) atoms. The maximum Gasteiger partial charge on any atom is 0.407 e. The van der Waals surface area contributed by atoms with E-state index in [0.717, 1.165) is 27.7 Å². The van der Waals surface area contributed by atoms with Crippen molar-refractivity contribution in [3.63, 3.8) is 0 Å². The highest BCUT2D eigenvalue weighted by Crippen LogP contribution is 2.31. The number of carbonyl (C=O) groups excluding carboxylic acids is 1. The van der Waals surface area contributed by atoms with E-state index in [4.69, 9.17) is 4.74 Å². The molecule has 0 spiro atoms. The number of aromatic amines is 1. The molecule has 0 radical (unpaired) electrons. The number of carbonyl (C=O) groups is 2. The number of nitrogens with zero attached hydrogens (tertiary/aromatic N) is 2. The molecule has 4 N–H and O–H groups in total. The molecule has 2 atom stereocenters. The standard InChI is InChI=1S/C33H40N4O7S/c1-5-36(6-2)32(39)27-14-10-13-26-25(19-34-31(26)27)17-22(3)37(33(40)41)20-29(38)24-15-16-30(28(18-24)35-45(4,42)43)44-21-23-11-8-7-9-12-23/h7-16,18-19,22,29,34-35,38H,5-6,17,20-21H2,1-4H3,(H,40,41)/t22-,29+/m1/s1. The van der Waals surface area contributed by atoms with E-state index >= 15 is 0 Å². The number of aliphatic hydroxyl groups is 1. The number of nitrogens with one attached hydrogen (secondary N) is 2. The molecule has 0 aliphatic heterocycles. The number of para-hydroxylation sites is 1. The number of benzene rings is 3. The lowest BCUT2D eigenvalue weighted by Crippen LogP contribution is -2.41. The molecule has 4 aromatic rings. The van der Waals surface area contributed by atoms with Crippen molar-refractivity contribution >= 4 is 38.6 Å². The van der Waals surface area contributed by atoms with Crippen molar-refractivity contribution in [1.82, 2.24) is 14.8 Å². The van der Waals surface area contributed by atoms with Crippen molar-refractivity contribution < 1.29 is 33.0 Å². The Morgan fingerprint density at radius 3 is 2.38 bits per heavy atom. The van der Waals surface area contributed by atoms with E-state index in [1.54, 1.807) is 36.2 Å². The molecule has 3 aromatic carbocycles. The predicted molar refractivity (Wildman–Crippen MR) is 174 cm³/mol. The van der Waals surface area contributed by atoms with E-state index in [-0.39, 0.29) is 30.5 Å². The predicted octanol–water partition coefficient (Wildman–Crippen LogP) is 5.25. The Bertz CT molecular complexity index is 1740.